The first kappa shape index (κ1) is 19.7. The molecule has 3 N–H and O–H groups in total. The van der Waals surface area contributed by atoms with Crippen molar-refractivity contribution < 1.29 is 9.59 Å². The summed E-state index contributed by atoms with van der Waals surface area (Å²) in [5.74, 6) is 0.329. The fourth-order valence-electron chi connectivity index (χ4n) is 3.00. The van der Waals surface area contributed by atoms with E-state index in [2.05, 4.69) is 16.0 Å². The minimum Gasteiger partial charge on any atom is -0.354 e. The number of amides is 2. The number of hydrogen-bond acceptors (Lipinski definition) is 3. The van der Waals surface area contributed by atoms with Crippen molar-refractivity contribution in [2.75, 3.05) is 19.6 Å². The van der Waals surface area contributed by atoms with Crippen molar-refractivity contribution in [2.24, 2.45) is 11.8 Å². The lowest BCUT2D eigenvalue weighted by atomic mass is 9.97. The molecule has 1 aromatic rings. The minimum absolute atomic E-state index is 0.0596. The summed E-state index contributed by atoms with van der Waals surface area (Å²) in [6.45, 7) is 6.73. The third-order valence-corrected chi connectivity index (χ3v) is 5.15. The van der Waals surface area contributed by atoms with E-state index in [1.165, 1.54) is 0 Å². The zero-order valence-corrected chi connectivity index (χ0v) is 15.7. The molecule has 6 heteroatoms. The van der Waals surface area contributed by atoms with Gasteiger partial charge >= 0.3 is 0 Å². The van der Waals surface area contributed by atoms with E-state index in [1.807, 2.05) is 13.8 Å². The van der Waals surface area contributed by atoms with E-state index in [0.29, 0.717) is 23.0 Å². The fraction of sp³-hybridized carbons (Fsp3) is 0.579. The molecule has 5 nitrogen and oxygen atoms in total. The quantitative estimate of drug-likeness (QED) is 0.663. The molecule has 1 heterocycles. The number of carbonyl (C=O) groups excluding carboxylic acids is 2. The lowest BCUT2D eigenvalue weighted by Gasteiger charge is -2.24. The Hall–Kier alpha value is -1.59. The van der Waals surface area contributed by atoms with Crippen LogP contribution in [0.3, 0.4) is 0 Å². The normalized spacial score (nSPS) is 19.2. The zero-order chi connectivity index (χ0) is 18.2. The molecular weight excluding hydrogens is 338 g/mol. The van der Waals surface area contributed by atoms with E-state index in [1.54, 1.807) is 24.3 Å². The molecule has 0 spiro atoms. The Morgan fingerprint density at radius 2 is 2.04 bits per heavy atom. The first-order valence-corrected chi connectivity index (χ1v) is 9.44. The number of benzene rings is 1. The lowest BCUT2D eigenvalue weighted by Crippen LogP contribution is -2.50. The summed E-state index contributed by atoms with van der Waals surface area (Å²) < 4.78 is 0. The molecule has 1 fully saturated rings. The molecule has 0 bridgehead atoms. The Morgan fingerprint density at radius 1 is 1.32 bits per heavy atom. The zero-order valence-electron chi connectivity index (χ0n) is 15.0. The SMILES string of the molecule is CCC(C)C(NC(=O)c1ccc(Cl)cc1)C(=O)NCCC1CCNC1. The van der Waals surface area contributed by atoms with Crippen molar-refractivity contribution >= 4 is 23.4 Å². The van der Waals surface area contributed by atoms with Crippen LogP contribution in [0.15, 0.2) is 24.3 Å². The second kappa shape index (κ2) is 9.78. The number of nitrogens with one attached hydrogen (secondary N) is 3. The average Bonchev–Trinajstić information content (AvgIpc) is 3.12. The highest BCUT2D eigenvalue weighted by Gasteiger charge is 2.26. The molecule has 1 saturated heterocycles. The number of halogens is 1. The molecule has 3 atom stereocenters. The molecule has 1 aliphatic rings. The average molecular weight is 366 g/mol. The monoisotopic (exact) mass is 365 g/mol. The summed E-state index contributed by atoms with van der Waals surface area (Å²) in [4.78, 5) is 25.0. The van der Waals surface area contributed by atoms with Gasteiger partial charge in [0.05, 0.1) is 0 Å². The number of carbonyl (C=O) groups is 2. The van der Waals surface area contributed by atoms with Gasteiger partial charge in [-0.25, -0.2) is 0 Å². The highest BCUT2D eigenvalue weighted by atomic mass is 35.5. The maximum Gasteiger partial charge on any atom is 0.251 e. The van der Waals surface area contributed by atoms with Crippen LogP contribution < -0.4 is 16.0 Å². The second-order valence-electron chi connectivity index (χ2n) is 6.78. The van der Waals surface area contributed by atoms with Gasteiger partial charge < -0.3 is 16.0 Å². The fourth-order valence-corrected chi connectivity index (χ4v) is 3.12. The van der Waals surface area contributed by atoms with E-state index >= 15 is 0 Å². The van der Waals surface area contributed by atoms with Gasteiger partial charge in [0.2, 0.25) is 5.91 Å². The number of rotatable bonds is 8. The Balaban J connectivity index is 1.91. The van der Waals surface area contributed by atoms with Crippen LogP contribution in [0.5, 0.6) is 0 Å². The van der Waals surface area contributed by atoms with Gasteiger partial charge in [0.1, 0.15) is 6.04 Å². The Kier molecular flexibility index (Phi) is 7.72. The Bertz CT molecular complexity index is 571. The third kappa shape index (κ3) is 6.01. The van der Waals surface area contributed by atoms with Gasteiger partial charge in [-0.05, 0) is 62.0 Å². The molecule has 25 heavy (non-hydrogen) atoms. The molecule has 0 aromatic heterocycles. The van der Waals surface area contributed by atoms with Crippen molar-refractivity contribution in [3.8, 4) is 0 Å². The molecule has 2 rings (SSSR count). The molecular formula is C19H28ClN3O2. The van der Waals surface area contributed by atoms with Crippen LogP contribution in [0.2, 0.25) is 5.02 Å². The van der Waals surface area contributed by atoms with E-state index in [9.17, 15) is 9.59 Å². The van der Waals surface area contributed by atoms with Gasteiger partial charge in [-0.3, -0.25) is 9.59 Å². The van der Waals surface area contributed by atoms with E-state index in [-0.39, 0.29) is 17.7 Å². The highest BCUT2D eigenvalue weighted by molar-refractivity contribution is 6.30. The van der Waals surface area contributed by atoms with Gasteiger partial charge in [-0.15, -0.1) is 0 Å². The third-order valence-electron chi connectivity index (χ3n) is 4.90. The first-order valence-electron chi connectivity index (χ1n) is 9.06. The molecule has 1 aromatic carbocycles. The van der Waals surface area contributed by atoms with Crippen molar-refractivity contribution in [2.45, 2.75) is 39.2 Å². The summed E-state index contributed by atoms with van der Waals surface area (Å²) in [5, 5.41) is 9.77. The van der Waals surface area contributed by atoms with Crippen molar-refractivity contribution in [3.05, 3.63) is 34.9 Å². The summed E-state index contributed by atoms with van der Waals surface area (Å²) in [7, 11) is 0. The number of hydrogen-bond donors (Lipinski definition) is 3. The van der Waals surface area contributed by atoms with Crippen LogP contribution in [0.4, 0.5) is 0 Å². The molecule has 138 valence electrons. The predicted molar refractivity (Wildman–Crippen MR) is 101 cm³/mol. The Labute approximate surface area is 154 Å². The van der Waals surface area contributed by atoms with Gasteiger partial charge in [-0.2, -0.15) is 0 Å². The lowest BCUT2D eigenvalue weighted by molar-refractivity contribution is -0.124. The first-order chi connectivity index (χ1) is 12.0. The maximum atomic E-state index is 12.6. The minimum atomic E-state index is -0.533. The van der Waals surface area contributed by atoms with E-state index in [4.69, 9.17) is 11.6 Å². The van der Waals surface area contributed by atoms with E-state index in [0.717, 1.165) is 32.4 Å². The molecule has 0 radical (unpaired) electrons. The van der Waals surface area contributed by atoms with Gasteiger partial charge in [0.15, 0.2) is 0 Å². The van der Waals surface area contributed by atoms with Crippen LogP contribution in [-0.2, 0) is 4.79 Å². The van der Waals surface area contributed by atoms with Crippen LogP contribution in [-0.4, -0.2) is 37.5 Å². The van der Waals surface area contributed by atoms with Crippen molar-refractivity contribution in [1.29, 1.82) is 0 Å². The van der Waals surface area contributed by atoms with Gasteiger partial charge in [0, 0.05) is 17.1 Å². The molecule has 2 amide bonds. The van der Waals surface area contributed by atoms with Gasteiger partial charge in [0.25, 0.3) is 5.91 Å². The van der Waals surface area contributed by atoms with Crippen LogP contribution in [0.25, 0.3) is 0 Å². The van der Waals surface area contributed by atoms with Crippen molar-refractivity contribution in [3.63, 3.8) is 0 Å². The molecule has 0 aliphatic carbocycles. The maximum absolute atomic E-state index is 12.6. The topological polar surface area (TPSA) is 70.2 Å². The predicted octanol–water partition coefficient (Wildman–Crippen LogP) is 2.60. The largest absolute Gasteiger partial charge is 0.354 e. The second-order valence-corrected chi connectivity index (χ2v) is 7.22. The summed E-state index contributed by atoms with van der Waals surface area (Å²) in [6, 6.07) is 6.14. The van der Waals surface area contributed by atoms with Crippen LogP contribution in [0.1, 0.15) is 43.5 Å². The molecule has 3 unspecified atom stereocenters. The summed E-state index contributed by atoms with van der Waals surface area (Å²) in [5.41, 5.74) is 0.502. The smallest absolute Gasteiger partial charge is 0.251 e. The summed E-state index contributed by atoms with van der Waals surface area (Å²) >= 11 is 5.86. The summed E-state index contributed by atoms with van der Waals surface area (Å²) in [6.07, 6.45) is 2.95. The standard InChI is InChI=1S/C19H28ClN3O2/c1-3-13(2)17(19(25)22-11-9-14-8-10-21-12-14)23-18(24)15-4-6-16(20)7-5-15/h4-7,13-14,17,21H,3,8-12H2,1-2H3,(H,22,25)(H,23,24). The van der Waals surface area contributed by atoms with Crippen molar-refractivity contribution in [1.82, 2.24) is 16.0 Å². The molecule has 0 saturated carbocycles. The molecule has 1 aliphatic heterocycles. The van der Waals surface area contributed by atoms with Gasteiger partial charge in [-0.1, -0.05) is 31.9 Å². The Morgan fingerprint density at radius 3 is 2.64 bits per heavy atom. The highest BCUT2D eigenvalue weighted by Crippen LogP contribution is 2.13. The van der Waals surface area contributed by atoms with E-state index < -0.39 is 6.04 Å². The van der Waals surface area contributed by atoms with Crippen LogP contribution >= 0.6 is 11.6 Å². The van der Waals surface area contributed by atoms with Crippen LogP contribution in [0, 0.1) is 11.8 Å².